The second-order valence-corrected chi connectivity index (χ2v) is 8.11. The van der Waals surface area contributed by atoms with E-state index in [1.54, 1.807) is 30.5 Å². The van der Waals surface area contributed by atoms with Gasteiger partial charge in [-0.15, -0.1) is 11.3 Å². The van der Waals surface area contributed by atoms with Crippen molar-refractivity contribution < 1.29 is 23.5 Å². The van der Waals surface area contributed by atoms with E-state index in [4.69, 9.17) is 13.9 Å². The van der Waals surface area contributed by atoms with Gasteiger partial charge in [-0.25, -0.2) is 9.97 Å². The van der Waals surface area contributed by atoms with E-state index in [-0.39, 0.29) is 18.5 Å². The molecule has 1 amide bonds. The Balaban J connectivity index is 1.54. The van der Waals surface area contributed by atoms with Crippen LogP contribution < -0.4 is 14.8 Å². The number of hydrogen-bond donors (Lipinski definition) is 1. The van der Waals surface area contributed by atoms with Crippen LogP contribution in [-0.2, 0) is 0 Å². The summed E-state index contributed by atoms with van der Waals surface area (Å²) < 4.78 is 16.1. The number of Topliss-reactive ketones (excluding diaryl/α,β-unsaturated/α-hetero) is 1. The van der Waals surface area contributed by atoms with E-state index >= 15 is 0 Å². The van der Waals surface area contributed by atoms with Gasteiger partial charge in [0.25, 0.3) is 5.91 Å². The van der Waals surface area contributed by atoms with Crippen LogP contribution in [0, 0.1) is 13.8 Å². The lowest BCUT2D eigenvalue weighted by atomic mass is 10.1. The predicted octanol–water partition coefficient (Wildman–Crippen LogP) is 4.75. The molecule has 0 atom stereocenters. The van der Waals surface area contributed by atoms with Gasteiger partial charge in [0, 0.05) is 17.0 Å². The Hall–Kier alpha value is -3.72. The van der Waals surface area contributed by atoms with Gasteiger partial charge in [-0.3, -0.25) is 9.59 Å². The SMILES string of the molecule is CC(=O)c1cc2c(cc1NC(=O)c1sc3nc(-c4ccco4)nc(C)c3c1C)OCO2. The standard InChI is InChI=1S/C22H17N3O5S/c1-10-18-11(2)23-20(15-5-4-6-28-15)25-22(18)31-19(10)21(27)24-14-8-17-16(29-9-30-17)7-13(14)12(3)26/h4-8H,9H2,1-3H3,(H,24,27). The summed E-state index contributed by atoms with van der Waals surface area (Å²) in [6, 6.07) is 6.76. The van der Waals surface area contributed by atoms with E-state index in [2.05, 4.69) is 15.3 Å². The van der Waals surface area contributed by atoms with Gasteiger partial charge < -0.3 is 19.2 Å². The van der Waals surface area contributed by atoms with E-state index in [1.807, 2.05) is 13.8 Å². The summed E-state index contributed by atoms with van der Waals surface area (Å²) in [6.45, 7) is 5.26. The summed E-state index contributed by atoms with van der Waals surface area (Å²) in [5.41, 5.74) is 2.27. The molecule has 1 aliphatic heterocycles. The Labute approximate surface area is 180 Å². The van der Waals surface area contributed by atoms with Crippen LogP contribution >= 0.6 is 11.3 Å². The minimum atomic E-state index is -0.333. The molecule has 4 aromatic rings. The Bertz CT molecular complexity index is 1360. The summed E-state index contributed by atoms with van der Waals surface area (Å²) in [5, 5.41) is 3.69. The van der Waals surface area contributed by atoms with E-state index in [9.17, 15) is 9.59 Å². The number of rotatable bonds is 4. The van der Waals surface area contributed by atoms with E-state index in [1.165, 1.54) is 18.3 Å². The molecule has 5 rings (SSSR count). The lowest BCUT2D eigenvalue weighted by Gasteiger charge is -2.10. The lowest BCUT2D eigenvalue weighted by molar-refractivity contribution is 0.101. The Kier molecular flexibility index (Phi) is 4.48. The summed E-state index contributed by atoms with van der Waals surface area (Å²) >= 11 is 1.27. The molecule has 1 N–H and O–H groups in total. The topological polar surface area (TPSA) is 104 Å². The van der Waals surface area contributed by atoms with Gasteiger partial charge in [-0.05, 0) is 44.5 Å². The van der Waals surface area contributed by atoms with Crippen LogP contribution in [0.25, 0.3) is 21.8 Å². The number of ether oxygens (including phenoxy) is 2. The predicted molar refractivity (Wildman–Crippen MR) is 115 cm³/mol. The van der Waals surface area contributed by atoms with Crippen molar-refractivity contribution in [1.29, 1.82) is 0 Å². The van der Waals surface area contributed by atoms with Crippen molar-refractivity contribution in [2.24, 2.45) is 0 Å². The molecule has 1 aromatic carbocycles. The molecule has 31 heavy (non-hydrogen) atoms. The number of nitrogens with one attached hydrogen (secondary N) is 1. The number of nitrogens with zero attached hydrogens (tertiary/aromatic N) is 2. The number of carbonyl (C=O) groups excluding carboxylic acids is 2. The molecule has 0 unspecified atom stereocenters. The first-order valence-electron chi connectivity index (χ1n) is 9.50. The number of hydrogen-bond acceptors (Lipinski definition) is 8. The maximum Gasteiger partial charge on any atom is 0.266 e. The van der Waals surface area contributed by atoms with Crippen molar-refractivity contribution in [2.75, 3.05) is 12.1 Å². The molecule has 4 heterocycles. The highest BCUT2D eigenvalue weighted by atomic mass is 32.1. The third-order valence-electron chi connectivity index (χ3n) is 5.06. The number of furan rings is 1. The van der Waals surface area contributed by atoms with Crippen LogP contribution in [0.5, 0.6) is 11.5 Å². The smallest absolute Gasteiger partial charge is 0.266 e. The fourth-order valence-corrected chi connectivity index (χ4v) is 4.71. The number of thiophene rings is 1. The van der Waals surface area contributed by atoms with Crippen LogP contribution in [0.2, 0.25) is 0 Å². The fourth-order valence-electron chi connectivity index (χ4n) is 3.59. The number of benzene rings is 1. The molecule has 0 saturated heterocycles. The first-order valence-corrected chi connectivity index (χ1v) is 10.3. The van der Waals surface area contributed by atoms with Gasteiger partial charge in [0.1, 0.15) is 4.83 Å². The van der Waals surface area contributed by atoms with Crippen molar-refractivity contribution in [3.8, 4) is 23.1 Å². The molecular formula is C22H17N3O5S. The molecule has 8 nitrogen and oxygen atoms in total. The number of aromatic nitrogens is 2. The fraction of sp³-hybridized carbons (Fsp3) is 0.182. The number of anilines is 1. The summed E-state index contributed by atoms with van der Waals surface area (Å²) in [5.74, 6) is 1.48. The van der Waals surface area contributed by atoms with Gasteiger partial charge >= 0.3 is 0 Å². The second kappa shape index (κ2) is 7.21. The molecule has 0 aliphatic carbocycles. The molecule has 9 heteroatoms. The molecule has 0 radical (unpaired) electrons. The Morgan fingerprint density at radius 1 is 1.13 bits per heavy atom. The maximum atomic E-state index is 13.2. The lowest BCUT2D eigenvalue weighted by Crippen LogP contribution is -2.14. The molecule has 0 fully saturated rings. The van der Waals surface area contributed by atoms with Gasteiger partial charge in [-0.1, -0.05) is 0 Å². The zero-order valence-corrected chi connectivity index (χ0v) is 17.8. The quantitative estimate of drug-likeness (QED) is 0.461. The molecule has 0 bridgehead atoms. The number of amides is 1. The van der Waals surface area contributed by atoms with Crippen LogP contribution in [0.4, 0.5) is 5.69 Å². The molecule has 1 aliphatic rings. The highest BCUT2D eigenvalue weighted by Gasteiger charge is 2.24. The van der Waals surface area contributed by atoms with Crippen molar-refractivity contribution >= 4 is 38.9 Å². The highest BCUT2D eigenvalue weighted by molar-refractivity contribution is 7.20. The van der Waals surface area contributed by atoms with Crippen LogP contribution in [0.3, 0.4) is 0 Å². The van der Waals surface area contributed by atoms with Crippen LogP contribution in [-0.4, -0.2) is 28.5 Å². The molecular weight excluding hydrogens is 418 g/mol. The van der Waals surface area contributed by atoms with Crippen molar-refractivity contribution in [1.82, 2.24) is 9.97 Å². The number of aryl methyl sites for hydroxylation is 2. The first-order chi connectivity index (χ1) is 14.9. The molecule has 3 aromatic heterocycles. The Morgan fingerprint density at radius 3 is 2.61 bits per heavy atom. The zero-order valence-electron chi connectivity index (χ0n) is 16.9. The number of carbonyl (C=O) groups is 2. The van der Waals surface area contributed by atoms with Gasteiger partial charge in [0.05, 0.1) is 22.5 Å². The summed E-state index contributed by atoms with van der Waals surface area (Å²) in [4.78, 5) is 35.6. The average molecular weight is 435 g/mol. The van der Waals surface area contributed by atoms with E-state index in [0.29, 0.717) is 44.0 Å². The summed E-state index contributed by atoms with van der Waals surface area (Å²) in [6.07, 6.45) is 1.56. The minimum Gasteiger partial charge on any atom is -0.461 e. The molecule has 156 valence electrons. The minimum absolute atomic E-state index is 0.0788. The van der Waals surface area contributed by atoms with Crippen molar-refractivity contribution in [3.63, 3.8) is 0 Å². The number of ketones is 1. The highest BCUT2D eigenvalue weighted by Crippen LogP contribution is 2.38. The van der Waals surface area contributed by atoms with Gasteiger partial charge in [-0.2, -0.15) is 0 Å². The van der Waals surface area contributed by atoms with Gasteiger partial charge in [0.15, 0.2) is 28.9 Å². The van der Waals surface area contributed by atoms with Crippen LogP contribution in [0.15, 0.2) is 34.9 Å². The monoisotopic (exact) mass is 435 g/mol. The average Bonchev–Trinajstić information content (AvgIpc) is 3.47. The number of fused-ring (bicyclic) bond motifs is 2. The Morgan fingerprint density at radius 2 is 1.90 bits per heavy atom. The zero-order chi connectivity index (χ0) is 21.7. The first kappa shape index (κ1) is 19.3. The second-order valence-electron chi connectivity index (χ2n) is 7.11. The molecule has 0 spiro atoms. The van der Waals surface area contributed by atoms with Crippen molar-refractivity contribution in [3.05, 3.63) is 52.2 Å². The van der Waals surface area contributed by atoms with Gasteiger partial charge in [0.2, 0.25) is 6.79 Å². The van der Waals surface area contributed by atoms with Crippen LogP contribution in [0.1, 0.15) is 38.2 Å². The normalized spacial score (nSPS) is 12.4. The van der Waals surface area contributed by atoms with E-state index < -0.39 is 0 Å². The largest absolute Gasteiger partial charge is 0.461 e. The third-order valence-corrected chi connectivity index (χ3v) is 6.24. The van der Waals surface area contributed by atoms with E-state index in [0.717, 1.165) is 16.6 Å². The maximum absolute atomic E-state index is 13.2. The van der Waals surface area contributed by atoms with Crippen molar-refractivity contribution in [2.45, 2.75) is 20.8 Å². The third kappa shape index (κ3) is 3.23. The molecule has 0 saturated carbocycles. The summed E-state index contributed by atoms with van der Waals surface area (Å²) in [7, 11) is 0.